The molecule has 1 aliphatic heterocycles. The molecule has 0 saturated heterocycles. The second kappa shape index (κ2) is 16.4. The van der Waals surface area contributed by atoms with Crippen LogP contribution in [-0.4, -0.2) is 91.3 Å². The number of benzene rings is 1. The van der Waals surface area contributed by atoms with Crippen molar-refractivity contribution < 1.29 is 37.1 Å². The van der Waals surface area contributed by atoms with E-state index in [1.54, 1.807) is 43.9 Å². The first kappa shape index (κ1) is 36.8. The molecule has 47 heavy (non-hydrogen) atoms. The van der Waals surface area contributed by atoms with Gasteiger partial charge in [-0.3, -0.25) is 9.59 Å². The van der Waals surface area contributed by atoms with Crippen LogP contribution in [0.5, 0.6) is 5.75 Å². The van der Waals surface area contributed by atoms with Crippen LogP contribution in [0.3, 0.4) is 0 Å². The lowest BCUT2D eigenvalue weighted by Crippen LogP contribution is -2.48. The van der Waals surface area contributed by atoms with E-state index in [4.69, 9.17) is 14.0 Å². The number of aliphatic hydroxyl groups is 1. The number of aromatic nitrogens is 1. The first-order valence-corrected chi connectivity index (χ1v) is 18.3. The van der Waals surface area contributed by atoms with E-state index in [-0.39, 0.29) is 65.8 Å². The number of anilines is 1. The summed E-state index contributed by atoms with van der Waals surface area (Å²) in [6, 6.07) is 4.60. The van der Waals surface area contributed by atoms with Crippen molar-refractivity contribution in [3.8, 4) is 5.75 Å². The van der Waals surface area contributed by atoms with Crippen molar-refractivity contribution in [2.45, 2.75) is 109 Å². The molecule has 0 spiro atoms. The Labute approximate surface area is 279 Å². The van der Waals surface area contributed by atoms with Crippen molar-refractivity contribution in [2.24, 2.45) is 11.8 Å². The fourth-order valence-electron chi connectivity index (χ4n) is 6.42. The minimum Gasteiger partial charge on any atom is -0.490 e. The number of nitrogens with zero attached hydrogens (tertiary/aromatic N) is 3. The monoisotopic (exact) mass is 676 g/mol. The summed E-state index contributed by atoms with van der Waals surface area (Å²) in [5.41, 5.74) is 1.09. The number of fused-ring (bicyclic) bond motifs is 1. The molecular weight excluding hydrogens is 624 g/mol. The lowest BCUT2D eigenvalue weighted by atomic mass is 9.88. The van der Waals surface area contributed by atoms with Gasteiger partial charge in [-0.1, -0.05) is 31.3 Å². The highest BCUT2D eigenvalue weighted by Gasteiger charge is 2.34. The molecule has 0 radical (unpaired) electrons. The van der Waals surface area contributed by atoms with Crippen molar-refractivity contribution >= 4 is 27.5 Å². The van der Waals surface area contributed by atoms with Crippen LogP contribution in [0.2, 0.25) is 0 Å². The molecule has 0 bridgehead atoms. The van der Waals surface area contributed by atoms with Crippen molar-refractivity contribution in [1.82, 2.24) is 14.4 Å². The van der Waals surface area contributed by atoms with Gasteiger partial charge in [0.05, 0.1) is 30.4 Å². The number of rotatable bonds is 8. The SMILES string of the molecule is Cc1noc(C)c1S(=O)(=O)N(C)C[C@H]1OCCCC[C@H](C)Oc2ccc(NC(=O)C3CCCCC3)cc2C(=O)N([C@H](C)CO)C[C@H]1C. The Bertz CT molecular complexity index is 1450. The van der Waals surface area contributed by atoms with E-state index >= 15 is 0 Å². The maximum atomic E-state index is 14.4. The number of aliphatic hydroxyl groups excluding tert-OH is 1. The maximum absolute atomic E-state index is 14.4. The number of amides is 2. The molecule has 4 atom stereocenters. The number of aryl methyl sites for hydroxylation is 2. The summed E-state index contributed by atoms with van der Waals surface area (Å²) in [7, 11) is -2.43. The van der Waals surface area contributed by atoms with E-state index in [1.807, 2.05) is 13.8 Å². The van der Waals surface area contributed by atoms with Gasteiger partial charge in [-0.15, -0.1) is 0 Å². The fraction of sp³-hybridized carbons (Fsp3) is 0.676. The number of hydrogen-bond acceptors (Lipinski definition) is 9. The molecule has 2 aromatic rings. The van der Waals surface area contributed by atoms with Crippen molar-refractivity contribution in [2.75, 3.05) is 38.7 Å². The highest BCUT2D eigenvalue weighted by atomic mass is 32.2. The maximum Gasteiger partial charge on any atom is 0.258 e. The Morgan fingerprint density at radius 1 is 1.13 bits per heavy atom. The topological polar surface area (TPSA) is 152 Å². The van der Waals surface area contributed by atoms with E-state index in [9.17, 15) is 23.1 Å². The van der Waals surface area contributed by atoms with Gasteiger partial charge in [0.15, 0.2) is 5.76 Å². The molecule has 2 N–H and O–H groups in total. The molecule has 12 nitrogen and oxygen atoms in total. The van der Waals surface area contributed by atoms with E-state index in [2.05, 4.69) is 10.5 Å². The Hall–Kier alpha value is -3.00. The van der Waals surface area contributed by atoms with Gasteiger partial charge < -0.3 is 29.3 Å². The molecule has 13 heteroatoms. The minimum absolute atomic E-state index is 0.0382. The molecule has 4 rings (SSSR count). The molecule has 1 fully saturated rings. The molecule has 1 saturated carbocycles. The summed E-state index contributed by atoms with van der Waals surface area (Å²) < 4.78 is 46.1. The fourth-order valence-corrected chi connectivity index (χ4v) is 7.89. The number of ether oxygens (including phenoxy) is 2. The summed E-state index contributed by atoms with van der Waals surface area (Å²) in [6.45, 7) is 9.12. The van der Waals surface area contributed by atoms with Crippen LogP contribution < -0.4 is 10.1 Å². The quantitative estimate of drug-likeness (QED) is 0.397. The zero-order valence-electron chi connectivity index (χ0n) is 28.7. The highest BCUT2D eigenvalue weighted by molar-refractivity contribution is 7.89. The van der Waals surface area contributed by atoms with E-state index in [1.165, 1.54) is 11.4 Å². The third-order valence-electron chi connectivity index (χ3n) is 9.37. The highest BCUT2D eigenvalue weighted by Crippen LogP contribution is 2.31. The summed E-state index contributed by atoms with van der Waals surface area (Å²) in [4.78, 5) is 29.1. The standard InChI is InChI=1S/C34H52N4O8S/c1-22-19-38(23(2)21-39)34(41)29-18-28(35-33(40)27-13-8-7-9-14-27)15-16-30(29)45-24(3)12-10-11-17-44-31(22)20-37(6)47(42,43)32-25(4)36-46-26(32)5/h15-16,18,22-24,27,31,39H,7-14,17,19-21H2,1-6H3,(H,35,40)/t22-,23-,24+,31-/m1/s1. The predicted octanol–water partition coefficient (Wildman–Crippen LogP) is 4.93. The van der Waals surface area contributed by atoms with Crippen LogP contribution in [0.4, 0.5) is 5.69 Å². The van der Waals surface area contributed by atoms with Gasteiger partial charge in [0, 0.05) is 44.3 Å². The van der Waals surface area contributed by atoms with Gasteiger partial charge in [0.2, 0.25) is 15.9 Å². The molecule has 262 valence electrons. The van der Waals surface area contributed by atoms with Crippen LogP contribution in [0.25, 0.3) is 0 Å². The third kappa shape index (κ3) is 9.13. The summed E-state index contributed by atoms with van der Waals surface area (Å²) >= 11 is 0. The molecule has 1 aliphatic carbocycles. The first-order valence-electron chi connectivity index (χ1n) is 16.9. The van der Waals surface area contributed by atoms with Crippen molar-refractivity contribution in [3.63, 3.8) is 0 Å². The Morgan fingerprint density at radius 3 is 2.49 bits per heavy atom. The average Bonchev–Trinajstić information content (AvgIpc) is 3.40. The second-order valence-electron chi connectivity index (χ2n) is 13.3. The molecular formula is C34H52N4O8S. The molecule has 0 unspecified atom stereocenters. The van der Waals surface area contributed by atoms with E-state index < -0.39 is 22.2 Å². The van der Waals surface area contributed by atoms with E-state index in [0.29, 0.717) is 30.0 Å². The number of hydrogen-bond donors (Lipinski definition) is 2. The molecule has 1 aromatic carbocycles. The zero-order valence-corrected chi connectivity index (χ0v) is 29.5. The van der Waals surface area contributed by atoms with Gasteiger partial charge in [-0.25, -0.2) is 8.42 Å². The second-order valence-corrected chi connectivity index (χ2v) is 15.3. The lowest BCUT2D eigenvalue weighted by molar-refractivity contribution is -0.120. The van der Waals surface area contributed by atoms with Gasteiger partial charge in [-0.2, -0.15) is 4.31 Å². The van der Waals surface area contributed by atoms with E-state index in [0.717, 1.165) is 44.9 Å². The summed E-state index contributed by atoms with van der Waals surface area (Å²) in [5.74, 6) is -0.148. The lowest BCUT2D eigenvalue weighted by Gasteiger charge is -2.35. The van der Waals surface area contributed by atoms with Gasteiger partial charge in [0.1, 0.15) is 16.3 Å². The smallest absolute Gasteiger partial charge is 0.258 e. The molecule has 2 heterocycles. The average molecular weight is 677 g/mol. The van der Waals surface area contributed by atoms with Crippen LogP contribution in [-0.2, 0) is 19.6 Å². The largest absolute Gasteiger partial charge is 0.490 e. The molecule has 2 amide bonds. The normalized spacial score (nSPS) is 23.1. The Morgan fingerprint density at radius 2 is 1.83 bits per heavy atom. The Balaban J connectivity index is 1.64. The minimum atomic E-state index is -3.93. The van der Waals surface area contributed by atoms with Crippen molar-refractivity contribution in [3.05, 3.63) is 35.2 Å². The third-order valence-corrected chi connectivity index (χ3v) is 11.4. The summed E-state index contributed by atoms with van der Waals surface area (Å²) in [6.07, 6.45) is 6.43. The Kier molecular flexibility index (Phi) is 12.9. The van der Waals surface area contributed by atoms with Gasteiger partial charge >= 0.3 is 0 Å². The van der Waals surface area contributed by atoms with Crippen LogP contribution in [0.15, 0.2) is 27.6 Å². The van der Waals surface area contributed by atoms with Crippen LogP contribution in [0, 0.1) is 25.7 Å². The number of likely N-dealkylation sites (N-methyl/N-ethyl adjacent to an activating group) is 1. The number of sulfonamides is 1. The van der Waals surface area contributed by atoms with Gasteiger partial charge in [-0.05, 0) is 78.0 Å². The van der Waals surface area contributed by atoms with Crippen LogP contribution >= 0.6 is 0 Å². The first-order chi connectivity index (χ1) is 22.3. The predicted molar refractivity (Wildman–Crippen MR) is 178 cm³/mol. The molecule has 1 aromatic heterocycles. The van der Waals surface area contributed by atoms with Crippen LogP contribution in [0.1, 0.15) is 93.9 Å². The molecule has 2 aliphatic rings. The summed E-state index contributed by atoms with van der Waals surface area (Å²) in [5, 5.41) is 17.1. The number of nitrogens with one attached hydrogen (secondary N) is 1. The van der Waals surface area contributed by atoms with Gasteiger partial charge in [0.25, 0.3) is 5.91 Å². The number of carbonyl (C=O) groups is 2. The zero-order chi connectivity index (χ0) is 34.3. The number of carbonyl (C=O) groups excluding carboxylic acids is 2. The van der Waals surface area contributed by atoms with Crippen molar-refractivity contribution in [1.29, 1.82) is 0 Å².